The summed E-state index contributed by atoms with van der Waals surface area (Å²) in [6, 6.07) is 7.45. The first-order chi connectivity index (χ1) is 13.5. The zero-order chi connectivity index (χ0) is 19.7. The fraction of sp³-hybridized carbons (Fsp3) is 0.421. The van der Waals surface area contributed by atoms with Crippen LogP contribution in [0.2, 0.25) is 0 Å². The standard InChI is InChI=1S/C19H22N4O4S/c1-13-10-14(2)19(18-17(13)21-27-22-18)28(24,25)23-9-5-7-16(11-23)26-12-15-6-3-4-8-20-15/h3-4,6,8,10,16H,5,7,9,11-12H2,1-2H3. The number of hydrogen-bond donors (Lipinski definition) is 0. The second-order valence-electron chi connectivity index (χ2n) is 7.06. The summed E-state index contributed by atoms with van der Waals surface area (Å²) in [5.41, 5.74) is 3.06. The van der Waals surface area contributed by atoms with Crippen molar-refractivity contribution in [1.29, 1.82) is 0 Å². The van der Waals surface area contributed by atoms with Crippen molar-refractivity contribution in [2.24, 2.45) is 0 Å². The Morgan fingerprint density at radius 1 is 1.21 bits per heavy atom. The molecule has 1 aromatic carbocycles. The van der Waals surface area contributed by atoms with Crippen LogP contribution in [0, 0.1) is 13.8 Å². The molecular weight excluding hydrogens is 380 g/mol. The fourth-order valence-electron chi connectivity index (χ4n) is 3.64. The van der Waals surface area contributed by atoms with E-state index in [1.165, 1.54) is 4.31 Å². The van der Waals surface area contributed by atoms with Gasteiger partial charge in [0.1, 0.15) is 10.4 Å². The van der Waals surface area contributed by atoms with Gasteiger partial charge in [-0.05, 0) is 60.3 Å². The number of nitrogens with zero attached hydrogens (tertiary/aromatic N) is 4. The third kappa shape index (κ3) is 3.52. The van der Waals surface area contributed by atoms with Gasteiger partial charge in [0.05, 0.1) is 18.4 Å². The maximum absolute atomic E-state index is 13.4. The van der Waals surface area contributed by atoms with Gasteiger partial charge in [-0.3, -0.25) is 4.98 Å². The van der Waals surface area contributed by atoms with Crippen LogP contribution >= 0.6 is 0 Å². The number of aryl methyl sites for hydroxylation is 2. The molecule has 1 saturated heterocycles. The van der Waals surface area contributed by atoms with Gasteiger partial charge in [0.25, 0.3) is 0 Å². The first kappa shape index (κ1) is 19.0. The number of fused-ring (bicyclic) bond motifs is 1. The molecule has 1 aliphatic heterocycles. The third-order valence-electron chi connectivity index (χ3n) is 5.00. The normalized spacial score (nSPS) is 18.6. The topological polar surface area (TPSA) is 98.4 Å². The molecule has 1 fully saturated rings. The highest BCUT2D eigenvalue weighted by atomic mass is 32.2. The van der Waals surface area contributed by atoms with E-state index in [-0.39, 0.29) is 16.5 Å². The van der Waals surface area contributed by atoms with Gasteiger partial charge in [-0.2, -0.15) is 4.31 Å². The summed E-state index contributed by atoms with van der Waals surface area (Å²) in [5, 5.41) is 7.72. The lowest BCUT2D eigenvalue weighted by molar-refractivity contribution is 0.00666. The van der Waals surface area contributed by atoms with Crippen LogP contribution in [-0.2, 0) is 21.4 Å². The molecule has 0 amide bonds. The summed E-state index contributed by atoms with van der Waals surface area (Å²) in [4.78, 5) is 4.41. The molecule has 0 N–H and O–H groups in total. The summed E-state index contributed by atoms with van der Waals surface area (Å²) in [6.07, 6.45) is 3.08. The smallest absolute Gasteiger partial charge is 0.245 e. The molecule has 1 unspecified atom stereocenters. The summed E-state index contributed by atoms with van der Waals surface area (Å²) < 4.78 is 39.0. The van der Waals surface area contributed by atoms with Gasteiger partial charge in [0, 0.05) is 19.3 Å². The van der Waals surface area contributed by atoms with Crippen molar-refractivity contribution >= 4 is 21.1 Å². The molecule has 9 heteroatoms. The molecule has 8 nitrogen and oxygen atoms in total. The highest BCUT2D eigenvalue weighted by Crippen LogP contribution is 2.31. The van der Waals surface area contributed by atoms with E-state index in [1.54, 1.807) is 19.2 Å². The molecule has 2 aromatic heterocycles. The van der Waals surface area contributed by atoms with Crippen molar-refractivity contribution in [3.63, 3.8) is 0 Å². The number of benzene rings is 1. The molecule has 1 atom stereocenters. The maximum atomic E-state index is 13.4. The van der Waals surface area contributed by atoms with E-state index in [4.69, 9.17) is 9.37 Å². The van der Waals surface area contributed by atoms with Gasteiger partial charge >= 0.3 is 0 Å². The Morgan fingerprint density at radius 3 is 2.82 bits per heavy atom. The molecule has 0 radical (unpaired) electrons. The van der Waals surface area contributed by atoms with Crippen LogP contribution < -0.4 is 0 Å². The summed E-state index contributed by atoms with van der Waals surface area (Å²) in [5.74, 6) is 0. The van der Waals surface area contributed by atoms with Crippen LogP contribution in [0.4, 0.5) is 0 Å². The van der Waals surface area contributed by atoms with E-state index < -0.39 is 10.0 Å². The van der Waals surface area contributed by atoms with E-state index >= 15 is 0 Å². The highest BCUT2D eigenvalue weighted by Gasteiger charge is 2.34. The van der Waals surface area contributed by atoms with Crippen molar-refractivity contribution < 1.29 is 17.8 Å². The van der Waals surface area contributed by atoms with E-state index in [1.807, 2.05) is 25.1 Å². The Morgan fingerprint density at radius 2 is 2.04 bits per heavy atom. The summed E-state index contributed by atoms with van der Waals surface area (Å²) in [7, 11) is -3.75. The largest absolute Gasteiger partial charge is 0.371 e. The Balaban J connectivity index is 1.57. The van der Waals surface area contributed by atoms with Gasteiger partial charge in [0.15, 0.2) is 5.52 Å². The molecule has 3 heterocycles. The molecule has 0 bridgehead atoms. The van der Waals surface area contributed by atoms with Crippen molar-refractivity contribution in [2.75, 3.05) is 13.1 Å². The SMILES string of the molecule is Cc1cc(C)c2nonc2c1S(=O)(=O)N1CCCC(OCc2ccccn2)C1. The molecule has 4 rings (SSSR count). The van der Waals surface area contributed by atoms with Gasteiger partial charge < -0.3 is 4.74 Å². The van der Waals surface area contributed by atoms with Crippen LogP contribution in [0.3, 0.4) is 0 Å². The van der Waals surface area contributed by atoms with Gasteiger partial charge in [-0.1, -0.05) is 12.1 Å². The molecule has 1 aliphatic rings. The molecule has 148 valence electrons. The Hall–Kier alpha value is -2.36. The molecular formula is C19H22N4O4S. The van der Waals surface area contributed by atoms with Crippen LogP contribution in [0.1, 0.15) is 29.7 Å². The van der Waals surface area contributed by atoms with Crippen molar-refractivity contribution in [3.05, 3.63) is 47.3 Å². The van der Waals surface area contributed by atoms with Crippen LogP contribution in [0.15, 0.2) is 40.0 Å². The average molecular weight is 402 g/mol. The van der Waals surface area contributed by atoms with Gasteiger partial charge in [-0.25, -0.2) is 13.0 Å². The molecule has 0 aliphatic carbocycles. The van der Waals surface area contributed by atoms with E-state index in [2.05, 4.69) is 15.3 Å². The number of piperidine rings is 1. The minimum atomic E-state index is -3.75. The van der Waals surface area contributed by atoms with E-state index in [0.717, 1.165) is 24.1 Å². The first-order valence-electron chi connectivity index (χ1n) is 9.21. The first-order valence-corrected chi connectivity index (χ1v) is 10.6. The molecule has 0 saturated carbocycles. The second-order valence-corrected chi connectivity index (χ2v) is 8.94. The van der Waals surface area contributed by atoms with Crippen molar-refractivity contribution in [1.82, 2.24) is 19.6 Å². The van der Waals surface area contributed by atoms with Gasteiger partial charge in [-0.15, -0.1) is 0 Å². The van der Waals surface area contributed by atoms with Crippen LogP contribution in [-0.4, -0.2) is 47.2 Å². The lowest BCUT2D eigenvalue weighted by atomic mass is 10.1. The van der Waals surface area contributed by atoms with Crippen molar-refractivity contribution in [3.8, 4) is 0 Å². The minimum Gasteiger partial charge on any atom is -0.371 e. The van der Waals surface area contributed by atoms with Crippen molar-refractivity contribution in [2.45, 2.75) is 44.3 Å². The zero-order valence-corrected chi connectivity index (χ0v) is 16.6. The number of rotatable bonds is 5. The average Bonchev–Trinajstić information content (AvgIpc) is 3.17. The third-order valence-corrected chi connectivity index (χ3v) is 7.04. The maximum Gasteiger partial charge on any atom is 0.245 e. The molecule has 3 aromatic rings. The second kappa shape index (κ2) is 7.57. The lowest BCUT2D eigenvalue weighted by Crippen LogP contribution is -2.43. The monoisotopic (exact) mass is 402 g/mol. The van der Waals surface area contributed by atoms with Crippen LogP contribution in [0.5, 0.6) is 0 Å². The Bertz CT molecular complexity index is 1080. The number of hydrogen-bond acceptors (Lipinski definition) is 7. The number of pyridine rings is 1. The summed E-state index contributed by atoms with van der Waals surface area (Å²) in [6.45, 7) is 4.74. The molecule has 28 heavy (non-hydrogen) atoms. The predicted molar refractivity (Wildman–Crippen MR) is 102 cm³/mol. The Kier molecular flexibility index (Phi) is 5.13. The lowest BCUT2D eigenvalue weighted by Gasteiger charge is -2.32. The molecule has 0 spiro atoms. The Labute approximate surface area is 163 Å². The predicted octanol–water partition coefficient (Wildman–Crippen LogP) is 2.60. The van der Waals surface area contributed by atoms with Crippen LogP contribution in [0.25, 0.3) is 11.0 Å². The zero-order valence-electron chi connectivity index (χ0n) is 15.8. The fourth-order valence-corrected chi connectivity index (χ4v) is 5.48. The van der Waals surface area contributed by atoms with E-state index in [0.29, 0.717) is 30.8 Å². The summed E-state index contributed by atoms with van der Waals surface area (Å²) >= 11 is 0. The number of aromatic nitrogens is 3. The van der Waals surface area contributed by atoms with Gasteiger partial charge in [0.2, 0.25) is 10.0 Å². The number of ether oxygens (including phenoxy) is 1. The van der Waals surface area contributed by atoms with E-state index in [9.17, 15) is 8.42 Å². The minimum absolute atomic E-state index is 0.166. The number of sulfonamides is 1. The highest BCUT2D eigenvalue weighted by molar-refractivity contribution is 7.89. The quantitative estimate of drug-likeness (QED) is 0.647.